The van der Waals surface area contributed by atoms with E-state index < -0.39 is 17.7 Å². The first-order chi connectivity index (χ1) is 8.80. The Morgan fingerprint density at radius 3 is 2.32 bits per heavy atom. The van der Waals surface area contributed by atoms with Gasteiger partial charge in [-0.3, -0.25) is 0 Å². The minimum Gasteiger partial charge on any atom is -0.466 e. The Balaban J connectivity index is 4.49. The molecule has 0 aliphatic heterocycles. The van der Waals surface area contributed by atoms with Gasteiger partial charge in [0.15, 0.2) is 0 Å². The number of ether oxygens (including phenoxy) is 3. The Morgan fingerprint density at radius 2 is 1.84 bits per heavy atom. The maximum atomic E-state index is 11.9. The van der Waals surface area contributed by atoms with Crippen LogP contribution in [0, 0.1) is 0 Å². The molecule has 0 rings (SSSR count). The molecule has 6 heteroatoms. The van der Waals surface area contributed by atoms with Gasteiger partial charge in [0.2, 0.25) is 0 Å². The van der Waals surface area contributed by atoms with E-state index in [9.17, 15) is 9.59 Å². The average Bonchev–Trinajstić information content (AvgIpc) is 2.30. The molecule has 1 amide bonds. The predicted octanol–water partition coefficient (Wildman–Crippen LogP) is 1.60. The zero-order valence-electron chi connectivity index (χ0n) is 12.3. The Morgan fingerprint density at radius 1 is 1.21 bits per heavy atom. The largest absolute Gasteiger partial charge is 0.466 e. The fourth-order valence-electron chi connectivity index (χ4n) is 1.13. The van der Waals surface area contributed by atoms with Crippen LogP contribution in [0.25, 0.3) is 0 Å². The first kappa shape index (κ1) is 17.4. The van der Waals surface area contributed by atoms with E-state index in [-0.39, 0.29) is 6.54 Å². The van der Waals surface area contributed by atoms with Gasteiger partial charge in [0, 0.05) is 26.3 Å². The van der Waals surface area contributed by atoms with Crippen LogP contribution in [0.1, 0.15) is 20.8 Å². The summed E-state index contributed by atoms with van der Waals surface area (Å²) in [5, 5.41) is 0. The maximum absolute atomic E-state index is 11.9. The quantitative estimate of drug-likeness (QED) is 0.543. The SMILES string of the molecule is COCCN(C/C=C/C(=O)OC)C(=O)OC(C)(C)C. The third-order valence-corrected chi connectivity index (χ3v) is 2.00. The molecule has 0 aliphatic rings. The molecule has 0 aromatic heterocycles. The van der Waals surface area contributed by atoms with E-state index in [2.05, 4.69) is 4.74 Å². The highest BCUT2D eigenvalue weighted by atomic mass is 16.6. The molecule has 0 aromatic rings. The number of amides is 1. The van der Waals surface area contributed by atoms with Gasteiger partial charge in [0.05, 0.1) is 13.7 Å². The van der Waals surface area contributed by atoms with Crippen LogP contribution in [0.15, 0.2) is 12.2 Å². The van der Waals surface area contributed by atoms with Crippen molar-refractivity contribution in [3.05, 3.63) is 12.2 Å². The second kappa shape index (κ2) is 8.53. The van der Waals surface area contributed by atoms with Crippen molar-refractivity contribution >= 4 is 12.1 Å². The van der Waals surface area contributed by atoms with Crippen molar-refractivity contribution < 1.29 is 23.8 Å². The molecule has 0 bridgehead atoms. The summed E-state index contributed by atoms with van der Waals surface area (Å²) in [5.74, 6) is -0.462. The standard InChI is InChI=1S/C13H23NO5/c1-13(2,3)19-12(16)14(9-10-17-4)8-6-7-11(15)18-5/h6-7H,8-10H2,1-5H3/b7-6+. The lowest BCUT2D eigenvalue weighted by Crippen LogP contribution is -2.38. The van der Waals surface area contributed by atoms with Gasteiger partial charge >= 0.3 is 12.1 Å². The van der Waals surface area contributed by atoms with Crippen molar-refractivity contribution in [1.82, 2.24) is 4.90 Å². The van der Waals surface area contributed by atoms with Crippen LogP contribution in [-0.2, 0) is 19.0 Å². The van der Waals surface area contributed by atoms with Crippen molar-refractivity contribution in [2.75, 3.05) is 33.9 Å². The fourth-order valence-corrected chi connectivity index (χ4v) is 1.13. The molecule has 0 saturated carbocycles. The van der Waals surface area contributed by atoms with E-state index in [1.807, 2.05) is 0 Å². The molecule has 0 spiro atoms. The number of rotatable bonds is 6. The molecule has 19 heavy (non-hydrogen) atoms. The molecule has 110 valence electrons. The van der Waals surface area contributed by atoms with Gasteiger partial charge in [0.1, 0.15) is 5.60 Å². The lowest BCUT2D eigenvalue weighted by Gasteiger charge is -2.26. The van der Waals surface area contributed by atoms with Gasteiger partial charge in [0.25, 0.3) is 0 Å². The van der Waals surface area contributed by atoms with Gasteiger partial charge in [-0.2, -0.15) is 0 Å². The van der Waals surface area contributed by atoms with Crippen LogP contribution in [-0.4, -0.2) is 56.5 Å². The fraction of sp³-hybridized carbons (Fsp3) is 0.692. The van der Waals surface area contributed by atoms with Crippen molar-refractivity contribution in [2.24, 2.45) is 0 Å². The normalized spacial score (nSPS) is 11.4. The third-order valence-electron chi connectivity index (χ3n) is 2.00. The molecule has 0 fully saturated rings. The van der Waals surface area contributed by atoms with Crippen LogP contribution in [0.3, 0.4) is 0 Å². The lowest BCUT2D eigenvalue weighted by molar-refractivity contribution is -0.134. The van der Waals surface area contributed by atoms with Crippen LogP contribution < -0.4 is 0 Å². The molecular formula is C13H23NO5. The van der Waals surface area contributed by atoms with E-state index in [0.717, 1.165) is 0 Å². The number of hydrogen-bond acceptors (Lipinski definition) is 5. The zero-order valence-corrected chi connectivity index (χ0v) is 12.3. The second-order valence-electron chi connectivity index (χ2n) is 4.84. The summed E-state index contributed by atoms with van der Waals surface area (Å²) < 4.78 is 14.7. The molecule has 0 saturated heterocycles. The maximum Gasteiger partial charge on any atom is 0.410 e. The van der Waals surface area contributed by atoms with Gasteiger partial charge in [-0.05, 0) is 20.8 Å². The van der Waals surface area contributed by atoms with Crippen LogP contribution in [0.2, 0.25) is 0 Å². The van der Waals surface area contributed by atoms with E-state index in [4.69, 9.17) is 9.47 Å². The Hall–Kier alpha value is -1.56. The van der Waals surface area contributed by atoms with Crippen molar-refractivity contribution in [3.63, 3.8) is 0 Å². The summed E-state index contributed by atoms with van der Waals surface area (Å²) in [6.07, 6.45) is 2.37. The van der Waals surface area contributed by atoms with Gasteiger partial charge < -0.3 is 19.1 Å². The van der Waals surface area contributed by atoms with Gasteiger partial charge in [-0.15, -0.1) is 0 Å². The number of carbonyl (C=O) groups is 2. The van der Waals surface area contributed by atoms with E-state index >= 15 is 0 Å². The highest BCUT2D eigenvalue weighted by molar-refractivity contribution is 5.81. The summed E-state index contributed by atoms with van der Waals surface area (Å²) in [6, 6.07) is 0. The smallest absolute Gasteiger partial charge is 0.410 e. The van der Waals surface area contributed by atoms with Crippen LogP contribution in [0.5, 0.6) is 0 Å². The second-order valence-corrected chi connectivity index (χ2v) is 4.84. The van der Waals surface area contributed by atoms with Gasteiger partial charge in [-0.25, -0.2) is 9.59 Å². The first-order valence-corrected chi connectivity index (χ1v) is 6.01. The first-order valence-electron chi connectivity index (χ1n) is 6.01. The zero-order chi connectivity index (χ0) is 14.9. The molecule has 0 N–H and O–H groups in total. The van der Waals surface area contributed by atoms with Crippen LogP contribution in [0.4, 0.5) is 4.79 Å². The Labute approximate surface area is 114 Å². The van der Waals surface area contributed by atoms with Crippen molar-refractivity contribution in [3.8, 4) is 0 Å². The average molecular weight is 273 g/mol. The molecule has 0 aliphatic carbocycles. The van der Waals surface area contributed by atoms with E-state index in [0.29, 0.717) is 13.2 Å². The van der Waals surface area contributed by atoms with E-state index in [1.165, 1.54) is 18.1 Å². The molecule has 0 unspecified atom stereocenters. The summed E-state index contributed by atoms with van der Waals surface area (Å²) in [5.41, 5.74) is -0.561. The summed E-state index contributed by atoms with van der Waals surface area (Å²) in [7, 11) is 2.85. The number of nitrogens with zero attached hydrogens (tertiary/aromatic N) is 1. The monoisotopic (exact) mass is 273 g/mol. The number of carbonyl (C=O) groups excluding carboxylic acids is 2. The molecular weight excluding hydrogens is 250 g/mol. The van der Waals surface area contributed by atoms with Crippen molar-refractivity contribution in [1.29, 1.82) is 0 Å². The topological polar surface area (TPSA) is 65.1 Å². The molecule has 0 aromatic carbocycles. The summed E-state index contributed by atoms with van der Waals surface area (Å²) in [6.45, 7) is 6.42. The molecule has 0 atom stereocenters. The minimum atomic E-state index is -0.561. The van der Waals surface area contributed by atoms with Crippen molar-refractivity contribution in [2.45, 2.75) is 26.4 Å². The number of methoxy groups -OCH3 is 2. The number of esters is 1. The summed E-state index contributed by atoms with van der Waals surface area (Å²) >= 11 is 0. The highest BCUT2D eigenvalue weighted by Gasteiger charge is 2.21. The lowest BCUT2D eigenvalue weighted by atomic mass is 10.2. The third kappa shape index (κ3) is 9.07. The molecule has 0 radical (unpaired) electrons. The Kier molecular flexibility index (Phi) is 7.83. The molecule has 6 nitrogen and oxygen atoms in total. The van der Waals surface area contributed by atoms with Crippen LogP contribution >= 0.6 is 0 Å². The Bertz CT molecular complexity index is 319. The highest BCUT2D eigenvalue weighted by Crippen LogP contribution is 2.09. The molecule has 0 heterocycles. The van der Waals surface area contributed by atoms with E-state index in [1.54, 1.807) is 34.0 Å². The number of hydrogen-bond donors (Lipinski definition) is 0. The van der Waals surface area contributed by atoms with Gasteiger partial charge in [-0.1, -0.05) is 6.08 Å². The predicted molar refractivity (Wildman–Crippen MR) is 70.8 cm³/mol. The summed E-state index contributed by atoms with van der Waals surface area (Å²) in [4.78, 5) is 24.3. The minimum absolute atomic E-state index is 0.257.